The van der Waals surface area contributed by atoms with Crippen LogP contribution >= 0.6 is 0 Å². The average Bonchev–Trinajstić information content (AvgIpc) is 3.34. The van der Waals surface area contributed by atoms with Crippen LogP contribution in [0.4, 0.5) is 0 Å². The maximum Gasteiger partial charge on any atom is 0.437 e. The van der Waals surface area contributed by atoms with Gasteiger partial charge >= 0.3 is 5.76 Å². The van der Waals surface area contributed by atoms with E-state index in [1.807, 2.05) is 29.2 Å². The van der Waals surface area contributed by atoms with E-state index in [9.17, 15) is 9.59 Å². The van der Waals surface area contributed by atoms with Gasteiger partial charge in [0.15, 0.2) is 0 Å². The van der Waals surface area contributed by atoms with E-state index in [0.29, 0.717) is 43.7 Å². The highest BCUT2D eigenvalue weighted by Crippen LogP contribution is 2.25. The SMILES string of the molecule is COc1ccc(CC(=O)N2CCC(n3nc(-c4ccoc4C)oc3=O)CC2)cc1. The molecule has 29 heavy (non-hydrogen) atoms. The highest BCUT2D eigenvalue weighted by molar-refractivity contribution is 5.78. The first-order chi connectivity index (χ1) is 14.0. The Morgan fingerprint density at radius 3 is 2.55 bits per heavy atom. The molecule has 8 nitrogen and oxygen atoms in total. The second kappa shape index (κ2) is 7.98. The molecule has 0 saturated carbocycles. The van der Waals surface area contributed by atoms with Crippen LogP contribution in [0.1, 0.15) is 30.2 Å². The van der Waals surface area contributed by atoms with Gasteiger partial charge in [0, 0.05) is 13.1 Å². The fraction of sp³-hybridized carbons (Fsp3) is 0.381. The summed E-state index contributed by atoms with van der Waals surface area (Å²) in [7, 11) is 1.61. The van der Waals surface area contributed by atoms with Crippen LogP contribution in [-0.2, 0) is 11.2 Å². The van der Waals surface area contributed by atoms with Gasteiger partial charge in [0.2, 0.25) is 5.91 Å². The van der Waals surface area contributed by atoms with E-state index >= 15 is 0 Å². The molecule has 0 radical (unpaired) electrons. The second-order valence-corrected chi connectivity index (χ2v) is 7.14. The van der Waals surface area contributed by atoms with Gasteiger partial charge in [-0.3, -0.25) is 4.79 Å². The third-order valence-corrected chi connectivity index (χ3v) is 5.34. The molecule has 0 aliphatic carbocycles. The Kier molecular flexibility index (Phi) is 5.24. The van der Waals surface area contributed by atoms with Crippen LogP contribution < -0.4 is 10.5 Å². The molecule has 8 heteroatoms. The van der Waals surface area contributed by atoms with Crippen LogP contribution in [0.2, 0.25) is 0 Å². The molecule has 1 aromatic carbocycles. The van der Waals surface area contributed by atoms with Crippen molar-refractivity contribution in [3.63, 3.8) is 0 Å². The lowest BCUT2D eigenvalue weighted by Gasteiger charge is -2.31. The molecule has 1 aliphatic rings. The third kappa shape index (κ3) is 3.96. The fourth-order valence-corrected chi connectivity index (χ4v) is 3.62. The highest BCUT2D eigenvalue weighted by atomic mass is 16.5. The van der Waals surface area contributed by atoms with E-state index in [-0.39, 0.29) is 17.8 Å². The Morgan fingerprint density at radius 2 is 1.93 bits per heavy atom. The minimum atomic E-state index is -0.483. The molecule has 1 saturated heterocycles. The minimum Gasteiger partial charge on any atom is -0.497 e. The zero-order valence-corrected chi connectivity index (χ0v) is 16.5. The number of ether oxygens (including phenoxy) is 1. The van der Waals surface area contributed by atoms with Crippen LogP contribution in [0.25, 0.3) is 11.5 Å². The molecule has 1 fully saturated rings. The number of furan rings is 1. The summed E-state index contributed by atoms with van der Waals surface area (Å²) in [6, 6.07) is 9.15. The van der Waals surface area contributed by atoms with Crippen LogP contribution in [-0.4, -0.2) is 40.8 Å². The number of aromatic nitrogens is 2. The van der Waals surface area contributed by atoms with Crippen LogP contribution in [0, 0.1) is 6.92 Å². The molecular weight excluding hydrogens is 374 g/mol. The Morgan fingerprint density at radius 1 is 1.21 bits per heavy atom. The molecule has 0 spiro atoms. The quantitative estimate of drug-likeness (QED) is 0.658. The average molecular weight is 397 g/mol. The summed E-state index contributed by atoms with van der Waals surface area (Å²) in [5.74, 6) is 1.28. The lowest BCUT2D eigenvalue weighted by molar-refractivity contribution is -0.131. The molecule has 152 valence electrons. The second-order valence-electron chi connectivity index (χ2n) is 7.14. The number of carbonyl (C=O) groups excluding carboxylic acids is 1. The largest absolute Gasteiger partial charge is 0.497 e. The number of aryl methyl sites for hydroxylation is 1. The molecule has 0 N–H and O–H groups in total. The van der Waals surface area contributed by atoms with Gasteiger partial charge in [-0.15, -0.1) is 5.10 Å². The van der Waals surface area contributed by atoms with Crippen molar-refractivity contribution in [3.8, 4) is 17.2 Å². The first-order valence-electron chi connectivity index (χ1n) is 9.60. The van der Waals surface area contributed by atoms with Gasteiger partial charge in [-0.1, -0.05) is 12.1 Å². The maximum absolute atomic E-state index is 12.6. The molecule has 0 atom stereocenters. The van der Waals surface area contributed by atoms with Gasteiger partial charge < -0.3 is 18.5 Å². The number of rotatable bonds is 5. The molecule has 0 unspecified atom stereocenters. The zero-order valence-electron chi connectivity index (χ0n) is 16.5. The van der Waals surface area contributed by atoms with Crippen LogP contribution in [0.3, 0.4) is 0 Å². The van der Waals surface area contributed by atoms with E-state index < -0.39 is 5.76 Å². The number of benzene rings is 1. The molecule has 0 bridgehead atoms. The lowest BCUT2D eigenvalue weighted by Crippen LogP contribution is -2.41. The summed E-state index contributed by atoms with van der Waals surface area (Å²) in [6.45, 7) is 2.96. The first kappa shape index (κ1) is 19.0. The van der Waals surface area contributed by atoms with Gasteiger partial charge in [0.25, 0.3) is 5.89 Å². The predicted molar refractivity (Wildman–Crippen MR) is 105 cm³/mol. The van der Waals surface area contributed by atoms with E-state index in [1.54, 1.807) is 20.1 Å². The standard InChI is InChI=1S/C21H23N3O5/c1-14-18(9-12-28-14)20-22-24(21(26)29-20)16-7-10-23(11-8-16)19(25)13-15-3-5-17(27-2)6-4-15/h3-6,9,12,16H,7-8,10-11,13H2,1-2H3. The summed E-state index contributed by atoms with van der Waals surface area (Å²) >= 11 is 0. The molecular formula is C21H23N3O5. The first-order valence-corrected chi connectivity index (χ1v) is 9.60. The van der Waals surface area contributed by atoms with Crippen LogP contribution in [0.5, 0.6) is 5.75 Å². The van der Waals surface area contributed by atoms with Crippen molar-refractivity contribution in [1.82, 2.24) is 14.7 Å². The number of likely N-dealkylation sites (tertiary alicyclic amines) is 1. The van der Waals surface area contributed by atoms with Gasteiger partial charge in [0.05, 0.1) is 31.4 Å². The Balaban J connectivity index is 1.38. The van der Waals surface area contributed by atoms with Crippen molar-refractivity contribution in [1.29, 1.82) is 0 Å². The van der Waals surface area contributed by atoms with Crippen molar-refractivity contribution >= 4 is 5.91 Å². The smallest absolute Gasteiger partial charge is 0.437 e. The van der Waals surface area contributed by atoms with E-state index in [2.05, 4.69) is 5.10 Å². The van der Waals surface area contributed by atoms with E-state index in [4.69, 9.17) is 13.6 Å². The number of piperidine rings is 1. The minimum absolute atomic E-state index is 0.0795. The molecule has 3 heterocycles. The van der Waals surface area contributed by atoms with Crippen molar-refractivity contribution in [2.75, 3.05) is 20.2 Å². The molecule has 1 aliphatic heterocycles. The zero-order chi connectivity index (χ0) is 20.4. The molecule has 2 aromatic heterocycles. The fourth-order valence-electron chi connectivity index (χ4n) is 3.62. The third-order valence-electron chi connectivity index (χ3n) is 5.34. The van der Waals surface area contributed by atoms with Gasteiger partial charge in [-0.25, -0.2) is 4.79 Å². The normalized spacial score (nSPS) is 14.9. The summed E-state index contributed by atoms with van der Waals surface area (Å²) in [5, 5.41) is 4.35. The molecule has 1 amide bonds. The summed E-state index contributed by atoms with van der Waals surface area (Å²) < 4.78 is 17.1. The van der Waals surface area contributed by atoms with E-state index in [1.165, 1.54) is 10.9 Å². The number of methoxy groups -OCH3 is 1. The van der Waals surface area contributed by atoms with Gasteiger partial charge in [-0.05, 0) is 43.5 Å². The highest BCUT2D eigenvalue weighted by Gasteiger charge is 2.27. The molecule has 4 rings (SSSR count). The number of nitrogens with zero attached hydrogens (tertiary/aromatic N) is 3. The van der Waals surface area contributed by atoms with Gasteiger partial charge in [0.1, 0.15) is 11.5 Å². The Hall–Kier alpha value is -3.29. The summed E-state index contributed by atoms with van der Waals surface area (Å²) in [5.41, 5.74) is 1.62. The molecule has 3 aromatic rings. The van der Waals surface area contributed by atoms with Crippen molar-refractivity contribution in [2.24, 2.45) is 0 Å². The lowest BCUT2D eigenvalue weighted by atomic mass is 10.0. The Bertz CT molecular complexity index is 1040. The van der Waals surface area contributed by atoms with Crippen molar-refractivity contribution < 1.29 is 18.4 Å². The predicted octanol–water partition coefficient (Wildman–Crippen LogP) is 2.82. The number of carbonyl (C=O) groups is 1. The number of hydrogen-bond donors (Lipinski definition) is 0. The number of amides is 1. The van der Waals surface area contributed by atoms with Crippen molar-refractivity contribution in [2.45, 2.75) is 32.2 Å². The van der Waals surface area contributed by atoms with Crippen LogP contribution in [0.15, 0.2) is 50.2 Å². The number of hydrogen-bond acceptors (Lipinski definition) is 6. The topological polar surface area (TPSA) is 90.7 Å². The maximum atomic E-state index is 12.6. The Labute approximate surface area is 167 Å². The monoisotopic (exact) mass is 397 g/mol. The van der Waals surface area contributed by atoms with E-state index in [0.717, 1.165) is 11.3 Å². The summed E-state index contributed by atoms with van der Waals surface area (Å²) in [6.07, 6.45) is 3.20. The summed E-state index contributed by atoms with van der Waals surface area (Å²) in [4.78, 5) is 26.7. The van der Waals surface area contributed by atoms with Crippen molar-refractivity contribution in [3.05, 3.63) is 58.5 Å². The van der Waals surface area contributed by atoms with Gasteiger partial charge in [-0.2, -0.15) is 4.68 Å².